The normalized spacial score (nSPS) is 7.82. The van der Waals surface area contributed by atoms with Crippen molar-refractivity contribution >= 4 is 11.9 Å². The van der Waals surface area contributed by atoms with Crippen LogP contribution in [0.5, 0.6) is 0 Å². The summed E-state index contributed by atoms with van der Waals surface area (Å²) >= 11 is 0. The van der Waals surface area contributed by atoms with Gasteiger partial charge >= 0.3 is 11.9 Å². The van der Waals surface area contributed by atoms with Crippen molar-refractivity contribution in [3.8, 4) is 0 Å². The molecule has 0 N–H and O–H groups in total. The van der Waals surface area contributed by atoms with Crippen LogP contribution in [0.25, 0.3) is 0 Å². The van der Waals surface area contributed by atoms with Crippen molar-refractivity contribution in [2.75, 3.05) is 0 Å². The van der Waals surface area contributed by atoms with Gasteiger partial charge < -0.3 is 4.74 Å². The van der Waals surface area contributed by atoms with E-state index in [2.05, 4.69) is 11.3 Å². The summed E-state index contributed by atoms with van der Waals surface area (Å²) in [6.45, 7) is 6.43. The first-order valence-corrected chi connectivity index (χ1v) is 2.98. The van der Waals surface area contributed by atoms with E-state index in [1.165, 1.54) is 6.92 Å². The van der Waals surface area contributed by atoms with Crippen LogP contribution in [-0.2, 0) is 36.0 Å². The van der Waals surface area contributed by atoms with Crippen molar-refractivity contribution in [1.29, 1.82) is 0 Å². The van der Waals surface area contributed by atoms with Gasteiger partial charge in [0.25, 0.3) is 0 Å². The Morgan fingerprint density at radius 1 is 1.45 bits per heavy atom. The molecule has 0 bridgehead atoms. The molecule has 0 aromatic heterocycles. The maximum Gasteiger partial charge on any atom is 0.340 e. The van der Waals surface area contributed by atoms with Crippen molar-refractivity contribution in [3.63, 3.8) is 0 Å². The number of ether oxygens (including phenoxy) is 1. The quantitative estimate of drug-likeness (QED) is 0.283. The SMILES string of the molecule is C=C(C)C(=O)OC(=O)CC.[Ti]. The molecule has 0 saturated heterocycles. The summed E-state index contributed by atoms with van der Waals surface area (Å²) < 4.78 is 4.28. The molecule has 0 aromatic carbocycles. The Morgan fingerprint density at radius 2 is 1.91 bits per heavy atom. The van der Waals surface area contributed by atoms with Crippen LogP contribution in [0.2, 0.25) is 0 Å². The van der Waals surface area contributed by atoms with Gasteiger partial charge in [-0.05, 0) is 6.92 Å². The smallest absolute Gasteiger partial charge is 0.340 e. The fourth-order valence-electron chi connectivity index (χ4n) is 0.263. The third-order valence-electron chi connectivity index (χ3n) is 0.844. The molecule has 0 radical (unpaired) electrons. The van der Waals surface area contributed by atoms with Gasteiger partial charge in [0, 0.05) is 33.7 Å². The molecule has 0 aliphatic rings. The van der Waals surface area contributed by atoms with Crippen molar-refractivity contribution < 1.29 is 36.0 Å². The Bertz CT molecular complexity index is 175. The van der Waals surface area contributed by atoms with E-state index >= 15 is 0 Å². The summed E-state index contributed by atoms with van der Waals surface area (Å²) in [6.07, 6.45) is 0.207. The number of carbonyl (C=O) groups excluding carboxylic acids is 2. The monoisotopic (exact) mass is 190 g/mol. The molecule has 0 atom stereocenters. The average molecular weight is 190 g/mol. The molecule has 0 saturated carbocycles. The molecule has 0 heterocycles. The summed E-state index contributed by atoms with van der Waals surface area (Å²) in [4.78, 5) is 21.0. The summed E-state index contributed by atoms with van der Waals surface area (Å²) in [6, 6.07) is 0. The predicted octanol–water partition coefficient (Wildman–Crippen LogP) is 1.04. The van der Waals surface area contributed by atoms with Crippen molar-refractivity contribution in [1.82, 2.24) is 0 Å². The molecule has 0 aliphatic heterocycles. The number of hydrogen-bond donors (Lipinski definition) is 0. The zero-order valence-corrected chi connectivity index (χ0v) is 8.20. The van der Waals surface area contributed by atoms with E-state index in [1.807, 2.05) is 0 Å². The van der Waals surface area contributed by atoms with Gasteiger partial charge in [0.05, 0.1) is 0 Å². The van der Waals surface area contributed by atoms with Crippen LogP contribution in [0.1, 0.15) is 20.3 Å². The van der Waals surface area contributed by atoms with E-state index in [0.29, 0.717) is 0 Å². The molecular weight excluding hydrogens is 180 g/mol. The second kappa shape index (κ2) is 6.31. The third-order valence-corrected chi connectivity index (χ3v) is 0.844. The molecule has 0 amide bonds. The Balaban J connectivity index is 0. The van der Waals surface area contributed by atoms with Gasteiger partial charge in [-0.15, -0.1) is 0 Å². The van der Waals surface area contributed by atoms with Crippen molar-refractivity contribution in [3.05, 3.63) is 12.2 Å². The van der Waals surface area contributed by atoms with Gasteiger partial charge in [-0.2, -0.15) is 0 Å². The molecule has 0 rings (SSSR count). The Hall–Kier alpha value is -0.406. The molecule has 60 valence electrons. The van der Waals surface area contributed by atoms with Crippen LogP contribution in [0.15, 0.2) is 12.2 Å². The van der Waals surface area contributed by atoms with Crippen molar-refractivity contribution in [2.24, 2.45) is 0 Å². The average Bonchev–Trinajstić information content (AvgIpc) is 1.87. The maximum atomic E-state index is 10.6. The maximum absolute atomic E-state index is 10.6. The first kappa shape index (κ1) is 13.2. The third kappa shape index (κ3) is 6.01. The number of carbonyl (C=O) groups is 2. The van der Waals surface area contributed by atoms with Crippen LogP contribution in [0, 0.1) is 0 Å². The van der Waals surface area contributed by atoms with Crippen LogP contribution in [-0.4, -0.2) is 11.9 Å². The molecule has 11 heavy (non-hydrogen) atoms. The predicted molar refractivity (Wildman–Crippen MR) is 36.2 cm³/mol. The van der Waals surface area contributed by atoms with Crippen LogP contribution >= 0.6 is 0 Å². The molecule has 0 fully saturated rings. The van der Waals surface area contributed by atoms with Crippen LogP contribution in [0.3, 0.4) is 0 Å². The van der Waals surface area contributed by atoms with Gasteiger partial charge in [0.15, 0.2) is 0 Å². The summed E-state index contributed by atoms with van der Waals surface area (Å²) in [5.74, 6) is -1.17. The number of esters is 2. The van der Waals surface area contributed by atoms with Gasteiger partial charge in [-0.25, -0.2) is 4.79 Å². The van der Waals surface area contributed by atoms with Gasteiger partial charge in [0.2, 0.25) is 0 Å². The van der Waals surface area contributed by atoms with Crippen molar-refractivity contribution in [2.45, 2.75) is 20.3 Å². The standard InChI is InChI=1S/C7H10O3.Ti/c1-4-6(8)10-7(9)5(2)3;/h2,4H2,1,3H3;. The molecule has 3 nitrogen and oxygen atoms in total. The van der Waals surface area contributed by atoms with E-state index < -0.39 is 11.9 Å². The van der Waals surface area contributed by atoms with Gasteiger partial charge in [-0.3, -0.25) is 4.79 Å². The zero-order chi connectivity index (χ0) is 8.15. The Morgan fingerprint density at radius 3 is 2.18 bits per heavy atom. The Kier molecular flexibility index (Phi) is 7.58. The summed E-state index contributed by atoms with van der Waals surface area (Å²) in [5, 5.41) is 0. The molecular formula is C7H10O3Ti. The van der Waals surface area contributed by atoms with E-state index in [4.69, 9.17) is 0 Å². The minimum Gasteiger partial charge on any atom is -0.390 e. The largest absolute Gasteiger partial charge is 0.390 e. The van der Waals surface area contributed by atoms with Gasteiger partial charge in [0.1, 0.15) is 0 Å². The minimum atomic E-state index is -0.646. The molecule has 4 heteroatoms. The topological polar surface area (TPSA) is 43.4 Å². The van der Waals surface area contributed by atoms with Gasteiger partial charge in [-0.1, -0.05) is 13.5 Å². The molecule has 0 aromatic rings. The molecule has 0 unspecified atom stereocenters. The first-order valence-electron chi connectivity index (χ1n) is 2.98. The fourth-order valence-corrected chi connectivity index (χ4v) is 0.263. The first-order chi connectivity index (χ1) is 4.57. The number of hydrogen-bond acceptors (Lipinski definition) is 3. The minimum absolute atomic E-state index is 0. The molecule has 0 spiro atoms. The van der Waals surface area contributed by atoms with E-state index in [-0.39, 0.29) is 33.7 Å². The fraction of sp³-hybridized carbons (Fsp3) is 0.429. The summed E-state index contributed by atoms with van der Waals surface area (Å²) in [7, 11) is 0. The second-order valence-electron chi connectivity index (χ2n) is 1.90. The zero-order valence-electron chi connectivity index (χ0n) is 6.64. The van der Waals surface area contributed by atoms with E-state index in [1.54, 1.807) is 6.92 Å². The Labute approximate surface area is 80.7 Å². The van der Waals surface area contributed by atoms with Crippen LogP contribution in [0.4, 0.5) is 0 Å². The van der Waals surface area contributed by atoms with E-state index in [0.717, 1.165) is 0 Å². The van der Waals surface area contributed by atoms with Crippen LogP contribution < -0.4 is 0 Å². The number of rotatable bonds is 2. The van der Waals surface area contributed by atoms with E-state index in [9.17, 15) is 9.59 Å². The summed E-state index contributed by atoms with van der Waals surface area (Å²) in [5.41, 5.74) is 0.238. The second-order valence-corrected chi connectivity index (χ2v) is 1.90. The molecule has 0 aliphatic carbocycles.